The van der Waals surface area contributed by atoms with Gasteiger partial charge in [0.1, 0.15) is 0 Å². The van der Waals surface area contributed by atoms with Crippen LogP contribution >= 0.6 is 0 Å². The molecule has 2 nitrogen and oxygen atoms in total. The van der Waals surface area contributed by atoms with Crippen LogP contribution in [0.25, 0.3) is 88.0 Å². The molecule has 13 aromatic rings. The summed E-state index contributed by atoms with van der Waals surface area (Å²) in [7, 11) is 0. The molecular formula is C72H50N2. The van der Waals surface area contributed by atoms with Crippen LogP contribution in [0.5, 0.6) is 0 Å². The molecular weight excluding hydrogens is 893 g/mol. The van der Waals surface area contributed by atoms with Gasteiger partial charge in [-0.05, 0) is 167 Å². The lowest BCUT2D eigenvalue weighted by Gasteiger charge is -2.27. The van der Waals surface area contributed by atoms with Gasteiger partial charge in [-0.3, -0.25) is 0 Å². The minimum atomic E-state index is 1.09. The summed E-state index contributed by atoms with van der Waals surface area (Å²) in [6.07, 6.45) is 0. The Morgan fingerprint density at radius 1 is 0.135 bits per heavy atom. The van der Waals surface area contributed by atoms with Crippen molar-refractivity contribution in [2.45, 2.75) is 0 Å². The van der Waals surface area contributed by atoms with E-state index in [1.807, 2.05) is 0 Å². The van der Waals surface area contributed by atoms with Gasteiger partial charge in [-0.1, -0.05) is 224 Å². The summed E-state index contributed by atoms with van der Waals surface area (Å²) < 4.78 is 0. The fourth-order valence-corrected chi connectivity index (χ4v) is 10.7. The highest BCUT2D eigenvalue weighted by molar-refractivity contribution is 6.26. The monoisotopic (exact) mass is 942 g/mol. The fraction of sp³-hybridized carbons (Fsp3) is 0. The topological polar surface area (TPSA) is 6.48 Å². The Morgan fingerprint density at radius 2 is 0.392 bits per heavy atom. The van der Waals surface area contributed by atoms with Crippen molar-refractivity contribution in [2.75, 3.05) is 9.80 Å². The van der Waals surface area contributed by atoms with Crippen molar-refractivity contribution >= 4 is 66.4 Å². The molecule has 0 saturated carbocycles. The second-order valence-electron chi connectivity index (χ2n) is 18.9. The van der Waals surface area contributed by atoms with Gasteiger partial charge in [-0.15, -0.1) is 0 Å². The van der Waals surface area contributed by atoms with Gasteiger partial charge in [0.05, 0.1) is 0 Å². The number of hydrogen-bond acceptors (Lipinski definition) is 2. The lowest BCUT2D eigenvalue weighted by atomic mass is 9.91. The predicted molar refractivity (Wildman–Crippen MR) is 316 cm³/mol. The van der Waals surface area contributed by atoms with Crippen molar-refractivity contribution in [1.29, 1.82) is 0 Å². The molecule has 0 aliphatic rings. The van der Waals surface area contributed by atoms with Crippen LogP contribution in [0.3, 0.4) is 0 Å². The normalized spacial score (nSPS) is 11.2. The molecule has 0 aromatic heterocycles. The first-order valence-corrected chi connectivity index (χ1v) is 25.4. The van der Waals surface area contributed by atoms with Crippen LogP contribution in [0.1, 0.15) is 0 Å². The number of rotatable bonds is 11. The average Bonchev–Trinajstić information content (AvgIpc) is 3.49. The van der Waals surface area contributed by atoms with Gasteiger partial charge in [0.2, 0.25) is 0 Å². The molecule has 348 valence electrons. The highest BCUT2D eigenvalue weighted by Gasteiger charge is 2.19. The number of benzene rings is 13. The third-order valence-electron chi connectivity index (χ3n) is 14.4. The van der Waals surface area contributed by atoms with E-state index in [9.17, 15) is 0 Å². The summed E-state index contributed by atoms with van der Waals surface area (Å²) in [4.78, 5) is 4.75. The van der Waals surface area contributed by atoms with Gasteiger partial charge in [-0.2, -0.15) is 0 Å². The summed E-state index contributed by atoms with van der Waals surface area (Å²) in [6.45, 7) is 0. The maximum atomic E-state index is 2.40. The number of anilines is 6. The van der Waals surface area contributed by atoms with Gasteiger partial charge in [0, 0.05) is 34.1 Å². The van der Waals surface area contributed by atoms with Crippen LogP contribution in [-0.2, 0) is 0 Å². The molecule has 0 amide bonds. The zero-order valence-corrected chi connectivity index (χ0v) is 40.8. The van der Waals surface area contributed by atoms with Crippen molar-refractivity contribution in [3.05, 3.63) is 303 Å². The minimum absolute atomic E-state index is 1.09. The molecule has 2 heteroatoms. The molecule has 0 aliphatic heterocycles. The van der Waals surface area contributed by atoms with E-state index in [-0.39, 0.29) is 0 Å². The zero-order chi connectivity index (χ0) is 49.2. The molecule has 13 aromatic carbocycles. The Balaban J connectivity index is 0.897. The Morgan fingerprint density at radius 3 is 0.784 bits per heavy atom. The predicted octanol–water partition coefficient (Wildman–Crippen LogP) is 20.4. The molecule has 0 unspecified atom stereocenters. The highest BCUT2D eigenvalue weighted by Crippen LogP contribution is 2.44. The second kappa shape index (κ2) is 19.4. The van der Waals surface area contributed by atoms with Gasteiger partial charge in [0.15, 0.2) is 0 Å². The van der Waals surface area contributed by atoms with E-state index in [0.29, 0.717) is 0 Å². The van der Waals surface area contributed by atoms with E-state index in [4.69, 9.17) is 0 Å². The SMILES string of the molecule is c1ccc(-c2ccc(N(c3ccc(-c4ccccc4)cc3)c3cccc(-c4ccc5c6ccc(N(c7ccc(-c8ccccc8)cc7)c7ccc(-c8ccccc8)cc7)cc6c6ccccc6c5c4)c3)cc2)cc1. The highest BCUT2D eigenvalue weighted by atomic mass is 15.1. The first-order chi connectivity index (χ1) is 36.7. The maximum Gasteiger partial charge on any atom is 0.0468 e. The molecule has 0 radical (unpaired) electrons. The van der Waals surface area contributed by atoms with Crippen LogP contribution in [0.15, 0.2) is 303 Å². The van der Waals surface area contributed by atoms with E-state index in [2.05, 4.69) is 313 Å². The lowest BCUT2D eigenvalue weighted by Crippen LogP contribution is -2.10. The second-order valence-corrected chi connectivity index (χ2v) is 18.9. The molecule has 0 bridgehead atoms. The summed E-state index contributed by atoms with van der Waals surface area (Å²) in [5.74, 6) is 0. The van der Waals surface area contributed by atoms with Crippen LogP contribution in [-0.4, -0.2) is 0 Å². The summed E-state index contributed by atoms with van der Waals surface area (Å²) in [6, 6.07) is 110. The van der Waals surface area contributed by atoms with Crippen LogP contribution in [0.2, 0.25) is 0 Å². The smallest absolute Gasteiger partial charge is 0.0468 e. The third-order valence-corrected chi connectivity index (χ3v) is 14.4. The first kappa shape index (κ1) is 44.2. The summed E-state index contributed by atoms with van der Waals surface area (Å²) >= 11 is 0. The largest absolute Gasteiger partial charge is 0.310 e. The van der Waals surface area contributed by atoms with E-state index < -0.39 is 0 Å². The molecule has 0 spiro atoms. The Kier molecular flexibility index (Phi) is 11.6. The van der Waals surface area contributed by atoms with Crippen molar-refractivity contribution in [3.8, 4) is 55.6 Å². The molecule has 0 aliphatic carbocycles. The first-order valence-electron chi connectivity index (χ1n) is 25.4. The summed E-state index contributed by atoms with van der Waals surface area (Å²) in [5, 5.41) is 7.37. The Hall–Kier alpha value is -9.76. The van der Waals surface area contributed by atoms with Crippen molar-refractivity contribution in [3.63, 3.8) is 0 Å². The zero-order valence-electron chi connectivity index (χ0n) is 40.8. The van der Waals surface area contributed by atoms with E-state index >= 15 is 0 Å². The standard InChI is InChI=1S/C72H50N2/c1-5-16-51(17-6-1)55-28-37-61(38-29-55)73(62-39-30-56(31-40-62)52-18-7-2-8-19-52)65-25-15-24-59(48-65)60-36-46-69-70-47-45-66(50-72(70)68-27-14-13-26-67(68)71(69)49-60)74(63-41-32-57(33-42-63)53-20-9-3-10-21-53)64-43-34-58(35-44-64)54-22-11-4-12-23-54/h1-50H. The van der Waals surface area contributed by atoms with Gasteiger partial charge < -0.3 is 9.80 Å². The molecule has 74 heavy (non-hydrogen) atoms. The molecule has 13 rings (SSSR count). The van der Waals surface area contributed by atoms with Crippen molar-refractivity contribution in [1.82, 2.24) is 0 Å². The maximum absolute atomic E-state index is 2.40. The number of fused-ring (bicyclic) bond motifs is 6. The average molecular weight is 943 g/mol. The number of nitrogens with zero attached hydrogens (tertiary/aromatic N) is 2. The molecule has 0 atom stereocenters. The molecule has 0 N–H and O–H groups in total. The minimum Gasteiger partial charge on any atom is -0.310 e. The van der Waals surface area contributed by atoms with Gasteiger partial charge in [0.25, 0.3) is 0 Å². The van der Waals surface area contributed by atoms with E-state index in [1.54, 1.807) is 0 Å². The van der Waals surface area contributed by atoms with Crippen LogP contribution < -0.4 is 9.80 Å². The van der Waals surface area contributed by atoms with Crippen LogP contribution in [0, 0.1) is 0 Å². The quantitative estimate of drug-likeness (QED) is 0.119. The van der Waals surface area contributed by atoms with Crippen molar-refractivity contribution < 1.29 is 0 Å². The van der Waals surface area contributed by atoms with Gasteiger partial charge in [-0.25, -0.2) is 0 Å². The fourth-order valence-electron chi connectivity index (χ4n) is 10.7. The Bertz CT molecular complexity index is 3870. The molecule has 0 heterocycles. The molecule has 0 fully saturated rings. The lowest BCUT2D eigenvalue weighted by molar-refractivity contribution is 1.28. The molecule has 0 saturated heterocycles. The van der Waals surface area contributed by atoms with E-state index in [0.717, 1.165) is 39.7 Å². The Labute approximate surface area is 433 Å². The van der Waals surface area contributed by atoms with Gasteiger partial charge >= 0.3 is 0 Å². The van der Waals surface area contributed by atoms with E-state index in [1.165, 1.54) is 82.4 Å². The van der Waals surface area contributed by atoms with Crippen molar-refractivity contribution in [2.24, 2.45) is 0 Å². The van der Waals surface area contributed by atoms with Crippen LogP contribution in [0.4, 0.5) is 34.1 Å². The summed E-state index contributed by atoms with van der Waals surface area (Å²) in [5.41, 5.74) is 18.5. The third kappa shape index (κ3) is 8.55. The number of hydrogen-bond donors (Lipinski definition) is 0.